The Morgan fingerprint density at radius 2 is 2.08 bits per heavy atom. The molecule has 2 aromatic carbocycles. The third-order valence-corrected chi connectivity index (χ3v) is 4.45. The van der Waals surface area contributed by atoms with Gasteiger partial charge >= 0.3 is 0 Å². The molecule has 3 aromatic rings. The summed E-state index contributed by atoms with van der Waals surface area (Å²) in [6.07, 6.45) is 1.72. The van der Waals surface area contributed by atoms with Crippen LogP contribution in [-0.2, 0) is 13.6 Å². The van der Waals surface area contributed by atoms with Crippen LogP contribution in [0.2, 0.25) is 0 Å². The van der Waals surface area contributed by atoms with Gasteiger partial charge in [0.1, 0.15) is 11.6 Å². The third-order valence-electron chi connectivity index (χ3n) is 4.45. The van der Waals surface area contributed by atoms with E-state index in [1.807, 2.05) is 23.7 Å². The molecule has 0 aliphatic carbocycles. The minimum absolute atomic E-state index is 0.257. The van der Waals surface area contributed by atoms with Crippen LogP contribution in [0.3, 0.4) is 0 Å². The first-order chi connectivity index (χ1) is 11.9. The molecule has 0 radical (unpaired) electrons. The Balaban J connectivity index is 1.90. The van der Waals surface area contributed by atoms with Crippen LogP contribution in [0, 0.1) is 19.7 Å². The molecule has 25 heavy (non-hydrogen) atoms. The molecule has 130 valence electrons. The first-order valence-corrected chi connectivity index (χ1v) is 7.94. The molecule has 0 fully saturated rings. The van der Waals surface area contributed by atoms with E-state index >= 15 is 0 Å². The molecule has 6 heteroatoms. The van der Waals surface area contributed by atoms with Crippen LogP contribution < -0.4 is 10.1 Å². The second kappa shape index (κ2) is 6.55. The highest BCUT2D eigenvalue weighted by Crippen LogP contribution is 2.27. The van der Waals surface area contributed by atoms with Crippen molar-refractivity contribution in [2.24, 2.45) is 7.05 Å². The van der Waals surface area contributed by atoms with Crippen molar-refractivity contribution in [2.45, 2.75) is 20.4 Å². The van der Waals surface area contributed by atoms with Crippen molar-refractivity contribution in [1.82, 2.24) is 14.9 Å². The van der Waals surface area contributed by atoms with Crippen LogP contribution in [0.4, 0.5) is 4.39 Å². The monoisotopic (exact) mass is 341 g/mol. The summed E-state index contributed by atoms with van der Waals surface area (Å²) in [5, 5.41) is 2.85. The van der Waals surface area contributed by atoms with Gasteiger partial charge in [-0.15, -0.1) is 0 Å². The number of imidazole rings is 1. The molecule has 1 N–H and O–H groups in total. The summed E-state index contributed by atoms with van der Waals surface area (Å²) < 4.78 is 21.2. The van der Waals surface area contributed by atoms with Crippen molar-refractivity contribution in [3.63, 3.8) is 0 Å². The highest BCUT2D eigenvalue weighted by Gasteiger charge is 2.15. The van der Waals surface area contributed by atoms with Gasteiger partial charge in [-0.1, -0.05) is 0 Å². The number of nitrogens with one attached hydrogen (secondary N) is 1. The van der Waals surface area contributed by atoms with Crippen LogP contribution >= 0.6 is 0 Å². The first kappa shape index (κ1) is 17.0. The molecule has 0 saturated carbocycles. The van der Waals surface area contributed by atoms with Crippen molar-refractivity contribution >= 4 is 16.9 Å². The van der Waals surface area contributed by atoms with E-state index in [-0.39, 0.29) is 18.3 Å². The number of hydrogen-bond acceptors (Lipinski definition) is 3. The number of aryl methyl sites for hydroxylation is 2. The van der Waals surface area contributed by atoms with E-state index in [2.05, 4.69) is 10.3 Å². The van der Waals surface area contributed by atoms with Crippen molar-refractivity contribution in [3.8, 4) is 5.75 Å². The number of ether oxygens (including phenoxy) is 1. The van der Waals surface area contributed by atoms with E-state index in [1.54, 1.807) is 33.4 Å². The lowest BCUT2D eigenvalue weighted by Crippen LogP contribution is -2.24. The number of rotatable bonds is 4. The van der Waals surface area contributed by atoms with Gasteiger partial charge in [-0.25, -0.2) is 9.37 Å². The van der Waals surface area contributed by atoms with Gasteiger partial charge in [0.2, 0.25) is 0 Å². The van der Waals surface area contributed by atoms with E-state index in [1.165, 1.54) is 6.07 Å². The van der Waals surface area contributed by atoms with Crippen LogP contribution in [0.15, 0.2) is 30.6 Å². The van der Waals surface area contributed by atoms with Crippen LogP contribution in [0.5, 0.6) is 5.75 Å². The summed E-state index contributed by atoms with van der Waals surface area (Å²) in [6.45, 7) is 3.74. The predicted octanol–water partition coefficient (Wildman–Crippen LogP) is 3.27. The first-order valence-electron chi connectivity index (χ1n) is 7.94. The molecular formula is C19H20FN3O2. The smallest absolute Gasteiger partial charge is 0.251 e. The van der Waals surface area contributed by atoms with Gasteiger partial charge in [0.25, 0.3) is 5.91 Å². The molecule has 0 saturated heterocycles. The van der Waals surface area contributed by atoms with E-state index in [4.69, 9.17) is 4.74 Å². The standard InChI is InChI=1S/C19H20FN3O2/c1-11-7-13(8-15(20)12(11)2)19(24)21-9-14-17(25-4)6-5-16-18(14)23(3)10-22-16/h5-8,10H,9H2,1-4H3,(H,21,24). The van der Waals surface area contributed by atoms with Crippen molar-refractivity contribution in [2.75, 3.05) is 7.11 Å². The zero-order valence-corrected chi connectivity index (χ0v) is 14.7. The molecule has 1 aromatic heterocycles. The SMILES string of the molecule is COc1ccc2ncn(C)c2c1CNC(=O)c1cc(C)c(C)c(F)c1. The summed E-state index contributed by atoms with van der Waals surface area (Å²) in [5.74, 6) is -0.0395. The third kappa shape index (κ3) is 3.07. The van der Waals surface area contributed by atoms with Gasteiger partial charge in [0.05, 0.1) is 24.5 Å². The highest BCUT2D eigenvalue weighted by molar-refractivity contribution is 5.95. The minimum atomic E-state index is -0.378. The lowest BCUT2D eigenvalue weighted by Gasteiger charge is -2.13. The Kier molecular flexibility index (Phi) is 4.44. The maximum absolute atomic E-state index is 13.9. The quantitative estimate of drug-likeness (QED) is 0.792. The Labute approximate surface area is 145 Å². The average Bonchev–Trinajstić information content (AvgIpc) is 2.98. The Bertz CT molecular complexity index is 940. The molecule has 0 bridgehead atoms. The van der Waals surface area contributed by atoms with Crippen molar-refractivity contribution < 1.29 is 13.9 Å². The van der Waals surface area contributed by atoms with Gasteiger partial charge in [-0.2, -0.15) is 0 Å². The van der Waals surface area contributed by atoms with Gasteiger partial charge in [-0.05, 0) is 49.2 Å². The predicted molar refractivity (Wildman–Crippen MR) is 94.3 cm³/mol. The molecular weight excluding hydrogens is 321 g/mol. The second-order valence-electron chi connectivity index (χ2n) is 6.05. The van der Waals surface area contributed by atoms with E-state index in [0.29, 0.717) is 16.9 Å². The van der Waals surface area contributed by atoms with Gasteiger partial charge in [0.15, 0.2) is 0 Å². The maximum atomic E-state index is 13.9. The lowest BCUT2D eigenvalue weighted by atomic mass is 10.0. The fourth-order valence-electron chi connectivity index (χ4n) is 2.89. The normalized spacial score (nSPS) is 10.9. The number of fused-ring (bicyclic) bond motifs is 1. The molecule has 0 aliphatic heterocycles. The number of hydrogen-bond donors (Lipinski definition) is 1. The average molecular weight is 341 g/mol. The summed E-state index contributed by atoms with van der Waals surface area (Å²) in [5.41, 5.74) is 4.15. The maximum Gasteiger partial charge on any atom is 0.251 e. The van der Waals surface area contributed by atoms with Gasteiger partial charge < -0.3 is 14.6 Å². The molecule has 1 amide bonds. The largest absolute Gasteiger partial charge is 0.496 e. The fourth-order valence-corrected chi connectivity index (χ4v) is 2.89. The number of carbonyl (C=O) groups is 1. The zero-order chi connectivity index (χ0) is 18.1. The fraction of sp³-hybridized carbons (Fsp3) is 0.263. The summed E-state index contributed by atoms with van der Waals surface area (Å²) in [6, 6.07) is 6.65. The zero-order valence-electron chi connectivity index (χ0n) is 14.7. The molecule has 0 atom stereocenters. The lowest BCUT2D eigenvalue weighted by molar-refractivity contribution is 0.0950. The van der Waals surface area contributed by atoms with E-state index < -0.39 is 0 Å². The van der Waals surface area contributed by atoms with Gasteiger partial charge in [0, 0.05) is 24.7 Å². The van der Waals surface area contributed by atoms with Crippen LogP contribution in [-0.4, -0.2) is 22.6 Å². The molecule has 0 aliphatic rings. The molecule has 0 spiro atoms. The topological polar surface area (TPSA) is 56.1 Å². The summed E-state index contributed by atoms with van der Waals surface area (Å²) in [7, 11) is 3.47. The summed E-state index contributed by atoms with van der Waals surface area (Å²) in [4.78, 5) is 16.8. The second-order valence-corrected chi connectivity index (χ2v) is 6.05. The van der Waals surface area contributed by atoms with Crippen LogP contribution in [0.25, 0.3) is 11.0 Å². The number of benzene rings is 2. The molecule has 3 rings (SSSR count). The number of carbonyl (C=O) groups excluding carboxylic acids is 1. The summed E-state index contributed by atoms with van der Waals surface area (Å²) >= 11 is 0. The highest BCUT2D eigenvalue weighted by atomic mass is 19.1. The minimum Gasteiger partial charge on any atom is -0.496 e. The molecule has 5 nitrogen and oxygen atoms in total. The Morgan fingerprint density at radius 3 is 2.76 bits per heavy atom. The number of aromatic nitrogens is 2. The number of methoxy groups -OCH3 is 1. The number of nitrogens with zero attached hydrogens (tertiary/aromatic N) is 2. The molecule has 1 heterocycles. The van der Waals surface area contributed by atoms with Crippen molar-refractivity contribution in [3.05, 3.63) is 58.7 Å². The van der Waals surface area contributed by atoms with Crippen LogP contribution in [0.1, 0.15) is 27.0 Å². The Hall–Kier alpha value is -2.89. The van der Waals surface area contributed by atoms with E-state index in [0.717, 1.165) is 22.2 Å². The number of amides is 1. The van der Waals surface area contributed by atoms with Gasteiger partial charge in [-0.3, -0.25) is 4.79 Å². The van der Waals surface area contributed by atoms with Crippen molar-refractivity contribution in [1.29, 1.82) is 0 Å². The number of halogens is 1. The van der Waals surface area contributed by atoms with E-state index in [9.17, 15) is 9.18 Å². The molecule has 0 unspecified atom stereocenters. The Morgan fingerprint density at radius 1 is 1.32 bits per heavy atom.